The van der Waals surface area contributed by atoms with Gasteiger partial charge in [0, 0.05) is 6.42 Å². The third kappa shape index (κ3) is 3.05. The fourth-order valence-electron chi connectivity index (χ4n) is 5.21. The molecule has 112 valence electrons. The molecular weight excluding hydrogens is 272 g/mol. The molecule has 4 aliphatic carbocycles. The van der Waals surface area contributed by atoms with Gasteiger partial charge < -0.3 is 4.74 Å². The van der Waals surface area contributed by atoms with E-state index in [0.29, 0.717) is 13.0 Å². The van der Waals surface area contributed by atoms with Crippen LogP contribution >= 0.6 is 11.8 Å². The van der Waals surface area contributed by atoms with Gasteiger partial charge in [0.25, 0.3) is 0 Å². The van der Waals surface area contributed by atoms with Gasteiger partial charge in [0.15, 0.2) is 5.12 Å². The number of hydrogen-bond acceptors (Lipinski definition) is 4. The van der Waals surface area contributed by atoms with Crippen molar-refractivity contribution in [1.82, 2.24) is 0 Å². The molecule has 4 fully saturated rings. The van der Waals surface area contributed by atoms with Crippen molar-refractivity contribution in [2.45, 2.75) is 51.9 Å². The average Bonchev–Trinajstić information content (AvgIpc) is 2.34. The summed E-state index contributed by atoms with van der Waals surface area (Å²) in [4.78, 5) is 23.5. The van der Waals surface area contributed by atoms with Gasteiger partial charge in [0.2, 0.25) is 0 Å². The topological polar surface area (TPSA) is 43.4 Å². The minimum Gasteiger partial charge on any atom is -0.465 e. The first kappa shape index (κ1) is 14.4. The lowest BCUT2D eigenvalue weighted by Gasteiger charge is -2.56. The largest absolute Gasteiger partial charge is 0.465 e. The van der Waals surface area contributed by atoms with Gasteiger partial charge in [0.1, 0.15) is 0 Å². The zero-order valence-corrected chi connectivity index (χ0v) is 13.0. The van der Waals surface area contributed by atoms with Crippen molar-refractivity contribution >= 4 is 22.8 Å². The van der Waals surface area contributed by atoms with E-state index < -0.39 is 0 Å². The van der Waals surface area contributed by atoms with Crippen molar-refractivity contribution < 1.29 is 14.3 Å². The van der Waals surface area contributed by atoms with Crippen molar-refractivity contribution in [3.63, 3.8) is 0 Å². The van der Waals surface area contributed by atoms with Crippen LogP contribution in [0.1, 0.15) is 51.9 Å². The second-order valence-electron chi connectivity index (χ2n) is 7.06. The van der Waals surface area contributed by atoms with Crippen LogP contribution in [-0.2, 0) is 14.3 Å². The number of ether oxygens (including phenoxy) is 1. The third-order valence-corrected chi connectivity index (χ3v) is 6.19. The molecule has 0 saturated heterocycles. The summed E-state index contributed by atoms with van der Waals surface area (Å²) in [6.07, 6.45) is 8.66. The van der Waals surface area contributed by atoms with Gasteiger partial charge in [-0.3, -0.25) is 9.59 Å². The Kier molecular flexibility index (Phi) is 4.11. The molecular formula is C16H24O3S. The summed E-state index contributed by atoms with van der Waals surface area (Å²) >= 11 is 1.16. The van der Waals surface area contributed by atoms with Crippen molar-refractivity contribution in [3.8, 4) is 0 Å². The summed E-state index contributed by atoms with van der Waals surface area (Å²) < 4.78 is 4.87. The molecule has 0 aliphatic heterocycles. The van der Waals surface area contributed by atoms with E-state index in [-0.39, 0.29) is 22.3 Å². The van der Waals surface area contributed by atoms with Crippen LogP contribution in [0.4, 0.5) is 0 Å². The molecule has 0 heterocycles. The van der Waals surface area contributed by atoms with Crippen LogP contribution in [-0.4, -0.2) is 23.4 Å². The SMILES string of the molecule is CCOC(=O)CSC(=O)CC12CC3CC(CC(C3)C1)C2. The Hall–Kier alpha value is -0.510. The van der Waals surface area contributed by atoms with E-state index in [1.54, 1.807) is 6.92 Å². The standard InChI is InChI=1S/C16H24O3S/c1-2-19-14(17)10-20-15(18)9-16-6-11-3-12(7-16)5-13(4-11)8-16/h11-13H,2-10H2,1H3. The number of thioether (sulfide) groups is 1. The van der Waals surface area contributed by atoms with E-state index >= 15 is 0 Å². The first-order chi connectivity index (χ1) is 9.58. The first-order valence-corrected chi connectivity index (χ1v) is 8.88. The number of carbonyl (C=O) groups is 2. The predicted molar refractivity (Wildman–Crippen MR) is 79.3 cm³/mol. The minimum absolute atomic E-state index is 0.180. The Labute approximate surface area is 125 Å². The maximum Gasteiger partial charge on any atom is 0.316 e. The van der Waals surface area contributed by atoms with E-state index in [1.807, 2.05) is 0 Å². The second kappa shape index (κ2) is 5.70. The molecule has 0 radical (unpaired) electrons. The van der Waals surface area contributed by atoms with Gasteiger partial charge in [-0.2, -0.15) is 0 Å². The third-order valence-electron chi connectivity index (χ3n) is 5.34. The van der Waals surface area contributed by atoms with Gasteiger partial charge in [-0.05, 0) is 68.6 Å². The first-order valence-electron chi connectivity index (χ1n) is 7.90. The maximum absolute atomic E-state index is 12.2. The highest BCUT2D eigenvalue weighted by Crippen LogP contribution is 2.61. The molecule has 0 aromatic carbocycles. The molecule has 0 spiro atoms. The van der Waals surface area contributed by atoms with Crippen LogP contribution in [0.2, 0.25) is 0 Å². The van der Waals surface area contributed by atoms with Crippen molar-refractivity contribution in [2.75, 3.05) is 12.4 Å². The fraction of sp³-hybridized carbons (Fsp3) is 0.875. The molecule has 4 bridgehead atoms. The van der Waals surface area contributed by atoms with Gasteiger partial charge in [0.05, 0.1) is 12.4 Å². The Morgan fingerprint density at radius 3 is 2.15 bits per heavy atom. The van der Waals surface area contributed by atoms with Crippen molar-refractivity contribution in [1.29, 1.82) is 0 Å². The van der Waals surface area contributed by atoms with E-state index in [9.17, 15) is 9.59 Å². The van der Waals surface area contributed by atoms with E-state index in [2.05, 4.69) is 0 Å². The zero-order chi connectivity index (χ0) is 14.2. The Morgan fingerprint density at radius 1 is 1.10 bits per heavy atom. The van der Waals surface area contributed by atoms with Gasteiger partial charge in [-0.1, -0.05) is 11.8 Å². The van der Waals surface area contributed by atoms with Crippen LogP contribution in [0, 0.1) is 23.2 Å². The molecule has 0 N–H and O–H groups in total. The lowest BCUT2D eigenvalue weighted by Crippen LogP contribution is -2.46. The number of hydrogen-bond donors (Lipinski definition) is 0. The maximum atomic E-state index is 12.2. The molecule has 3 nitrogen and oxygen atoms in total. The summed E-state index contributed by atoms with van der Waals surface area (Å²) in [5.41, 5.74) is 0.285. The molecule has 4 rings (SSSR count). The van der Waals surface area contributed by atoms with Gasteiger partial charge in [-0.15, -0.1) is 0 Å². The quantitative estimate of drug-likeness (QED) is 0.729. The van der Waals surface area contributed by atoms with Gasteiger partial charge >= 0.3 is 5.97 Å². The lowest BCUT2D eigenvalue weighted by atomic mass is 9.49. The van der Waals surface area contributed by atoms with Crippen LogP contribution in [0.5, 0.6) is 0 Å². The Morgan fingerprint density at radius 2 is 1.65 bits per heavy atom. The van der Waals surface area contributed by atoms with Crippen LogP contribution in [0.3, 0.4) is 0 Å². The lowest BCUT2D eigenvalue weighted by molar-refractivity contribution is -0.140. The van der Waals surface area contributed by atoms with Crippen LogP contribution in [0.25, 0.3) is 0 Å². The predicted octanol–water partition coefficient (Wildman–Crippen LogP) is 3.42. The summed E-state index contributed by atoms with van der Waals surface area (Å²) in [5.74, 6) is 2.55. The second-order valence-corrected chi connectivity index (χ2v) is 8.09. The van der Waals surface area contributed by atoms with E-state index in [4.69, 9.17) is 4.74 Å². The van der Waals surface area contributed by atoms with Crippen molar-refractivity contribution in [3.05, 3.63) is 0 Å². The van der Waals surface area contributed by atoms with E-state index in [1.165, 1.54) is 38.5 Å². The Bertz CT molecular complexity index is 369. The monoisotopic (exact) mass is 296 g/mol. The smallest absolute Gasteiger partial charge is 0.316 e. The molecule has 0 amide bonds. The molecule has 4 heteroatoms. The normalized spacial score (nSPS) is 38.0. The summed E-state index contributed by atoms with van der Waals surface area (Å²) in [6, 6.07) is 0. The number of rotatable bonds is 5. The highest BCUT2D eigenvalue weighted by molar-refractivity contribution is 8.14. The average molecular weight is 296 g/mol. The number of carbonyl (C=O) groups excluding carboxylic acids is 2. The molecule has 0 unspecified atom stereocenters. The fourth-order valence-corrected chi connectivity index (χ4v) is 5.98. The van der Waals surface area contributed by atoms with Crippen molar-refractivity contribution in [2.24, 2.45) is 23.2 Å². The zero-order valence-electron chi connectivity index (χ0n) is 12.2. The highest BCUT2D eigenvalue weighted by Gasteiger charge is 2.51. The molecule has 0 aromatic heterocycles. The molecule has 0 atom stereocenters. The molecule has 4 aliphatic rings. The molecule has 0 aromatic rings. The van der Waals surface area contributed by atoms with Crippen LogP contribution < -0.4 is 0 Å². The molecule has 20 heavy (non-hydrogen) atoms. The van der Waals surface area contributed by atoms with Crippen LogP contribution in [0.15, 0.2) is 0 Å². The molecule has 4 saturated carbocycles. The summed E-state index contributed by atoms with van der Waals surface area (Å²) in [6.45, 7) is 2.18. The van der Waals surface area contributed by atoms with Gasteiger partial charge in [-0.25, -0.2) is 0 Å². The Balaban J connectivity index is 1.52. The van der Waals surface area contributed by atoms with E-state index in [0.717, 1.165) is 29.5 Å². The number of esters is 1. The summed E-state index contributed by atoms with van der Waals surface area (Å²) in [5, 5.41) is 0.194. The minimum atomic E-state index is -0.267. The highest BCUT2D eigenvalue weighted by atomic mass is 32.2. The summed E-state index contributed by atoms with van der Waals surface area (Å²) in [7, 11) is 0.